The number of halogens is 4. The summed E-state index contributed by atoms with van der Waals surface area (Å²) < 4.78 is 46.9. The van der Waals surface area contributed by atoms with Gasteiger partial charge in [0.2, 0.25) is 0 Å². The van der Waals surface area contributed by atoms with Crippen LogP contribution in [0, 0.1) is 0 Å². The fourth-order valence-corrected chi connectivity index (χ4v) is 4.23. The maximum Gasteiger partial charge on any atom is 0.573 e. The molecular weight excluding hydrogens is 487 g/mol. The molecule has 0 aliphatic rings. The average molecular weight is 502 g/mol. The third-order valence-electron chi connectivity index (χ3n) is 4.15. The topological polar surface area (TPSA) is 105 Å². The Bertz CT molecular complexity index is 1180. The highest BCUT2D eigenvalue weighted by atomic mass is 35.5. The number of benzene rings is 2. The molecule has 0 atom stereocenters. The van der Waals surface area contributed by atoms with Crippen molar-refractivity contribution in [2.45, 2.75) is 12.9 Å². The fraction of sp³-hybridized carbons (Fsp3) is 0.143. The van der Waals surface area contributed by atoms with Crippen molar-refractivity contribution in [1.29, 1.82) is 0 Å². The standard InChI is InChI=1S/C21H15ClF3NO6S/c22-16-17(31-10-15(27)28)19(20(29)30)33-18(16)11-5-3-6-13(8-11)26-9-12-4-1-2-7-14(12)32-21(23,24)25/h1-8,26H,9-10H2,(H,27,28)(H,29,30). The summed E-state index contributed by atoms with van der Waals surface area (Å²) in [6, 6.07) is 12.3. The number of nitrogens with one attached hydrogen (secondary N) is 1. The number of aromatic carboxylic acids is 1. The summed E-state index contributed by atoms with van der Waals surface area (Å²) in [4.78, 5) is 22.4. The SMILES string of the molecule is O=C(O)COc1c(C(=O)O)sc(-c2cccc(NCc3ccccc3OC(F)(F)F)c2)c1Cl. The second-order valence-electron chi connectivity index (χ2n) is 6.48. The first-order valence-electron chi connectivity index (χ1n) is 9.13. The molecule has 3 N–H and O–H groups in total. The molecule has 0 unspecified atom stereocenters. The van der Waals surface area contributed by atoms with Crippen molar-refractivity contribution in [3.05, 3.63) is 64.0 Å². The summed E-state index contributed by atoms with van der Waals surface area (Å²) in [6.07, 6.45) is -4.83. The molecule has 0 bridgehead atoms. The number of carboxylic acids is 2. The average Bonchev–Trinajstić information content (AvgIpc) is 3.07. The van der Waals surface area contributed by atoms with E-state index in [1.165, 1.54) is 18.2 Å². The van der Waals surface area contributed by atoms with Crippen LogP contribution in [-0.4, -0.2) is 35.1 Å². The van der Waals surface area contributed by atoms with E-state index in [9.17, 15) is 27.9 Å². The number of anilines is 1. The van der Waals surface area contributed by atoms with Crippen molar-refractivity contribution in [3.63, 3.8) is 0 Å². The van der Waals surface area contributed by atoms with Gasteiger partial charge in [-0.2, -0.15) is 0 Å². The van der Waals surface area contributed by atoms with Crippen LogP contribution in [0.25, 0.3) is 10.4 Å². The highest BCUT2D eigenvalue weighted by molar-refractivity contribution is 7.18. The van der Waals surface area contributed by atoms with Crippen LogP contribution in [0.5, 0.6) is 11.5 Å². The first-order chi connectivity index (χ1) is 15.5. The first-order valence-corrected chi connectivity index (χ1v) is 10.3. The summed E-state index contributed by atoms with van der Waals surface area (Å²) in [5.74, 6) is -3.20. The van der Waals surface area contributed by atoms with E-state index in [2.05, 4.69) is 10.1 Å². The van der Waals surface area contributed by atoms with Crippen LogP contribution in [0.3, 0.4) is 0 Å². The number of carbonyl (C=O) groups is 2. The predicted molar refractivity (Wildman–Crippen MR) is 115 cm³/mol. The van der Waals surface area contributed by atoms with Gasteiger partial charge >= 0.3 is 18.3 Å². The fourth-order valence-electron chi connectivity index (χ4n) is 2.83. The largest absolute Gasteiger partial charge is 0.573 e. The van der Waals surface area contributed by atoms with Gasteiger partial charge < -0.3 is 25.0 Å². The Labute approximate surface area is 193 Å². The van der Waals surface area contributed by atoms with E-state index < -0.39 is 24.9 Å². The molecule has 33 heavy (non-hydrogen) atoms. The lowest BCUT2D eigenvalue weighted by molar-refractivity contribution is -0.274. The molecule has 0 aliphatic heterocycles. The minimum atomic E-state index is -4.83. The molecule has 1 aromatic heterocycles. The van der Waals surface area contributed by atoms with Crippen LogP contribution < -0.4 is 14.8 Å². The van der Waals surface area contributed by atoms with Crippen LogP contribution in [0.4, 0.5) is 18.9 Å². The molecule has 174 valence electrons. The molecule has 0 radical (unpaired) electrons. The van der Waals surface area contributed by atoms with Crippen molar-refractivity contribution in [2.24, 2.45) is 0 Å². The summed E-state index contributed by atoms with van der Waals surface area (Å²) in [5, 5.41) is 21.1. The Balaban J connectivity index is 1.85. The molecule has 0 aliphatic carbocycles. The van der Waals surface area contributed by atoms with Crippen molar-refractivity contribution in [2.75, 3.05) is 11.9 Å². The molecule has 0 fully saturated rings. The van der Waals surface area contributed by atoms with Gasteiger partial charge in [-0.15, -0.1) is 24.5 Å². The van der Waals surface area contributed by atoms with Crippen LogP contribution in [0.2, 0.25) is 5.02 Å². The highest BCUT2D eigenvalue weighted by Crippen LogP contribution is 2.46. The second kappa shape index (κ2) is 10.0. The van der Waals surface area contributed by atoms with E-state index in [0.717, 1.165) is 11.3 Å². The Morgan fingerprint density at radius 2 is 1.82 bits per heavy atom. The third-order valence-corrected chi connectivity index (χ3v) is 5.83. The van der Waals surface area contributed by atoms with E-state index in [0.29, 0.717) is 16.1 Å². The number of hydrogen-bond donors (Lipinski definition) is 3. The minimum absolute atomic E-state index is 0.0151. The quantitative estimate of drug-likeness (QED) is 0.343. The maximum atomic E-state index is 12.6. The zero-order valence-corrected chi connectivity index (χ0v) is 18.1. The number of thiophene rings is 1. The molecule has 0 saturated carbocycles. The molecular formula is C21H15ClF3NO6S. The highest BCUT2D eigenvalue weighted by Gasteiger charge is 2.32. The van der Waals surface area contributed by atoms with Crippen LogP contribution in [0.15, 0.2) is 48.5 Å². The van der Waals surface area contributed by atoms with E-state index in [1.807, 2.05) is 0 Å². The lowest BCUT2D eigenvalue weighted by Crippen LogP contribution is -2.18. The first kappa shape index (κ1) is 24.2. The van der Waals surface area contributed by atoms with E-state index >= 15 is 0 Å². The van der Waals surface area contributed by atoms with Crippen molar-refractivity contribution in [3.8, 4) is 21.9 Å². The van der Waals surface area contributed by atoms with Gasteiger partial charge in [0.1, 0.15) is 10.8 Å². The van der Waals surface area contributed by atoms with Crippen LogP contribution in [-0.2, 0) is 11.3 Å². The smallest absolute Gasteiger partial charge is 0.479 e. The van der Waals surface area contributed by atoms with Gasteiger partial charge in [-0.1, -0.05) is 41.9 Å². The van der Waals surface area contributed by atoms with Gasteiger partial charge in [-0.25, -0.2) is 9.59 Å². The molecule has 0 spiro atoms. The van der Waals surface area contributed by atoms with E-state index in [-0.39, 0.29) is 33.5 Å². The van der Waals surface area contributed by atoms with Crippen LogP contribution >= 0.6 is 22.9 Å². The molecule has 7 nitrogen and oxygen atoms in total. The van der Waals surface area contributed by atoms with Gasteiger partial charge in [-0.3, -0.25) is 0 Å². The summed E-state index contributed by atoms with van der Waals surface area (Å²) in [5.41, 5.74) is 1.29. The van der Waals surface area contributed by atoms with E-state index in [1.54, 1.807) is 30.3 Å². The van der Waals surface area contributed by atoms with Gasteiger partial charge in [0.25, 0.3) is 0 Å². The summed E-state index contributed by atoms with van der Waals surface area (Å²) in [7, 11) is 0. The van der Waals surface area contributed by atoms with E-state index in [4.69, 9.17) is 21.4 Å². The number of alkyl halides is 3. The Hall–Kier alpha value is -3.44. The second-order valence-corrected chi connectivity index (χ2v) is 7.88. The molecule has 12 heteroatoms. The Morgan fingerprint density at radius 3 is 2.48 bits per heavy atom. The summed E-state index contributed by atoms with van der Waals surface area (Å²) >= 11 is 7.09. The van der Waals surface area contributed by atoms with Gasteiger partial charge in [0.15, 0.2) is 17.2 Å². The lowest BCUT2D eigenvalue weighted by atomic mass is 10.1. The minimum Gasteiger partial charge on any atom is -0.479 e. The predicted octanol–water partition coefficient (Wildman–Crippen LogP) is 5.74. The van der Waals surface area contributed by atoms with Crippen LogP contribution in [0.1, 0.15) is 15.2 Å². The van der Waals surface area contributed by atoms with Crippen molar-refractivity contribution < 1.29 is 42.4 Å². The molecule has 1 heterocycles. The molecule has 0 amide bonds. The van der Waals surface area contributed by atoms with Gasteiger partial charge in [0, 0.05) is 17.8 Å². The zero-order valence-electron chi connectivity index (χ0n) is 16.5. The maximum absolute atomic E-state index is 12.6. The normalized spacial score (nSPS) is 11.2. The monoisotopic (exact) mass is 501 g/mol. The number of ether oxygens (including phenoxy) is 2. The number of para-hydroxylation sites is 1. The summed E-state index contributed by atoms with van der Waals surface area (Å²) in [6.45, 7) is -0.752. The Morgan fingerprint density at radius 1 is 1.09 bits per heavy atom. The molecule has 3 rings (SSSR count). The molecule has 3 aromatic rings. The number of rotatable bonds is 9. The van der Waals surface area contributed by atoms with Crippen molar-refractivity contribution in [1.82, 2.24) is 0 Å². The van der Waals surface area contributed by atoms with Crippen molar-refractivity contribution >= 4 is 40.6 Å². The van der Waals surface area contributed by atoms with Gasteiger partial charge in [-0.05, 0) is 23.8 Å². The number of aliphatic carboxylic acids is 1. The molecule has 2 aromatic carbocycles. The third kappa shape index (κ3) is 6.30. The number of carboxylic acid groups (broad SMARTS) is 2. The number of hydrogen-bond acceptors (Lipinski definition) is 6. The lowest BCUT2D eigenvalue weighted by Gasteiger charge is -2.14. The van der Waals surface area contributed by atoms with Gasteiger partial charge in [0.05, 0.1) is 4.88 Å². The zero-order chi connectivity index (χ0) is 24.2. The Kier molecular flexibility index (Phi) is 7.34. The molecule has 0 saturated heterocycles.